The van der Waals surface area contributed by atoms with Gasteiger partial charge in [0.25, 0.3) is 5.91 Å². The second-order valence-corrected chi connectivity index (χ2v) is 6.08. The average Bonchev–Trinajstić information content (AvgIpc) is 2.63. The minimum Gasteiger partial charge on any atom is -0.457 e. The maximum Gasteiger partial charge on any atom is 0.253 e. The van der Waals surface area contributed by atoms with Crippen LogP contribution in [0.5, 0.6) is 11.5 Å². The number of carbonyl (C=O) groups excluding carboxylic acids is 1. The number of likely N-dealkylation sites (tertiary alicyclic amines) is 1. The predicted octanol–water partition coefficient (Wildman–Crippen LogP) is 4.74. The fourth-order valence-corrected chi connectivity index (χ4v) is 3.02. The Morgan fingerprint density at radius 3 is 2.22 bits per heavy atom. The van der Waals surface area contributed by atoms with Crippen LogP contribution in [-0.2, 0) is 0 Å². The van der Waals surface area contributed by atoms with Crippen molar-refractivity contribution in [2.45, 2.75) is 26.2 Å². The molecule has 1 aliphatic heterocycles. The van der Waals surface area contributed by atoms with Gasteiger partial charge >= 0.3 is 0 Å². The topological polar surface area (TPSA) is 29.5 Å². The molecular formula is C20H23NO2. The summed E-state index contributed by atoms with van der Waals surface area (Å²) in [6, 6.07) is 17.1. The van der Waals surface area contributed by atoms with E-state index >= 15 is 0 Å². The smallest absolute Gasteiger partial charge is 0.253 e. The molecule has 0 atom stereocenters. The SMILES string of the molecule is CCC1CCN(C(=O)c2ccc(Oc3ccccc3)cc2)CC1. The van der Waals surface area contributed by atoms with Crippen LogP contribution in [0.1, 0.15) is 36.5 Å². The highest BCUT2D eigenvalue weighted by Gasteiger charge is 2.22. The summed E-state index contributed by atoms with van der Waals surface area (Å²) in [7, 11) is 0. The summed E-state index contributed by atoms with van der Waals surface area (Å²) in [5, 5.41) is 0. The summed E-state index contributed by atoms with van der Waals surface area (Å²) in [5.74, 6) is 2.46. The van der Waals surface area contributed by atoms with E-state index in [1.165, 1.54) is 6.42 Å². The lowest BCUT2D eigenvalue weighted by Crippen LogP contribution is -2.38. The third kappa shape index (κ3) is 3.92. The van der Waals surface area contributed by atoms with Crippen molar-refractivity contribution in [2.24, 2.45) is 5.92 Å². The number of hydrogen-bond acceptors (Lipinski definition) is 2. The zero-order valence-corrected chi connectivity index (χ0v) is 13.6. The summed E-state index contributed by atoms with van der Waals surface area (Å²) in [5.41, 5.74) is 0.736. The van der Waals surface area contributed by atoms with Crippen LogP contribution in [-0.4, -0.2) is 23.9 Å². The monoisotopic (exact) mass is 309 g/mol. The molecule has 1 saturated heterocycles. The van der Waals surface area contributed by atoms with Crippen molar-refractivity contribution >= 4 is 5.91 Å². The Morgan fingerprint density at radius 1 is 1.00 bits per heavy atom. The normalized spacial score (nSPS) is 15.4. The largest absolute Gasteiger partial charge is 0.457 e. The Labute approximate surface area is 137 Å². The molecule has 1 heterocycles. The van der Waals surface area contributed by atoms with Gasteiger partial charge in [0.05, 0.1) is 0 Å². The number of rotatable bonds is 4. The molecule has 0 spiro atoms. The first-order chi connectivity index (χ1) is 11.3. The first-order valence-electron chi connectivity index (χ1n) is 8.38. The molecule has 120 valence electrons. The Morgan fingerprint density at radius 2 is 1.61 bits per heavy atom. The molecule has 1 aliphatic rings. The molecule has 3 rings (SSSR count). The van der Waals surface area contributed by atoms with Gasteiger partial charge in [0.1, 0.15) is 11.5 Å². The van der Waals surface area contributed by atoms with Crippen LogP contribution in [0.15, 0.2) is 54.6 Å². The van der Waals surface area contributed by atoms with Gasteiger partial charge in [0.2, 0.25) is 0 Å². The van der Waals surface area contributed by atoms with E-state index in [-0.39, 0.29) is 5.91 Å². The number of benzene rings is 2. The summed E-state index contributed by atoms with van der Waals surface area (Å²) in [4.78, 5) is 14.5. The van der Waals surface area contributed by atoms with Gasteiger partial charge in [0.15, 0.2) is 0 Å². The van der Waals surface area contributed by atoms with Crippen LogP contribution >= 0.6 is 0 Å². The maximum absolute atomic E-state index is 12.5. The number of hydrogen-bond donors (Lipinski definition) is 0. The summed E-state index contributed by atoms with van der Waals surface area (Å²) < 4.78 is 5.76. The van der Waals surface area contributed by atoms with Crippen LogP contribution in [0.2, 0.25) is 0 Å². The molecule has 0 aliphatic carbocycles. The van der Waals surface area contributed by atoms with Crippen LogP contribution in [0, 0.1) is 5.92 Å². The molecule has 0 saturated carbocycles. The van der Waals surface area contributed by atoms with E-state index < -0.39 is 0 Å². The molecule has 0 radical (unpaired) electrons. The van der Waals surface area contributed by atoms with E-state index in [1.54, 1.807) is 0 Å². The van der Waals surface area contributed by atoms with Crippen molar-refractivity contribution in [1.82, 2.24) is 4.90 Å². The summed E-state index contributed by atoms with van der Waals surface area (Å²) >= 11 is 0. The molecule has 0 bridgehead atoms. The van der Waals surface area contributed by atoms with Gasteiger partial charge in [-0.3, -0.25) is 4.79 Å². The van der Waals surface area contributed by atoms with E-state index in [4.69, 9.17) is 4.74 Å². The summed E-state index contributed by atoms with van der Waals surface area (Å²) in [6.07, 6.45) is 3.46. The molecule has 2 aromatic rings. The fraction of sp³-hybridized carbons (Fsp3) is 0.350. The van der Waals surface area contributed by atoms with Crippen LogP contribution in [0.3, 0.4) is 0 Å². The van der Waals surface area contributed by atoms with Gasteiger partial charge < -0.3 is 9.64 Å². The molecule has 3 heteroatoms. The molecule has 2 aromatic carbocycles. The van der Waals surface area contributed by atoms with E-state index in [0.717, 1.165) is 48.9 Å². The highest BCUT2D eigenvalue weighted by atomic mass is 16.5. The molecule has 0 unspecified atom stereocenters. The highest BCUT2D eigenvalue weighted by Crippen LogP contribution is 2.24. The van der Waals surface area contributed by atoms with Crippen molar-refractivity contribution in [1.29, 1.82) is 0 Å². The Balaban J connectivity index is 1.62. The zero-order valence-electron chi connectivity index (χ0n) is 13.6. The predicted molar refractivity (Wildman–Crippen MR) is 91.9 cm³/mol. The lowest BCUT2D eigenvalue weighted by atomic mass is 9.94. The molecule has 1 amide bonds. The number of para-hydroxylation sites is 1. The fourth-order valence-electron chi connectivity index (χ4n) is 3.02. The number of carbonyl (C=O) groups is 1. The Kier molecular flexibility index (Phi) is 4.96. The van der Waals surface area contributed by atoms with Crippen molar-refractivity contribution in [3.05, 3.63) is 60.2 Å². The van der Waals surface area contributed by atoms with E-state index in [2.05, 4.69) is 6.92 Å². The zero-order chi connectivity index (χ0) is 16.1. The Hall–Kier alpha value is -2.29. The van der Waals surface area contributed by atoms with Gasteiger partial charge in [0, 0.05) is 18.7 Å². The number of amides is 1. The van der Waals surface area contributed by atoms with E-state index in [0.29, 0.717) is 0 Å². The minimum absolute atomic E-state index is 0.130. The quantitative estimate of drug-likeness (QED) is 0.816. The molecular weight excluding hydrogens is 286 g/mol. The van der Waals surface area contributed by atoms with Gasteiger partial charge in [-0.05, 0) is 55.2 Å². The first kappa shape index (κ1) is 15.6. The minimum atomic E-state index is 0.130. The standard InChI is InChI=1S/C20H23NO2/c1-2-16-12-14-21(15-13-16)20(22)17-8-10-19(11-9-17)23-18-6-4-3-5-7-18/h3-11,16H,2,12-15H2,1H3. The second kappa shape index (κ2) is 7.32. The number of piperidine rings is 1. The summed E-state index contributed by atoms with van der Waals surface area (Å²) in [6.45, 7) is 3.98. The van der Waals surface area contributed by atoms with E-state index in [9.17, 15) is 4.79 Å². The van der Waals surface area contributed by atoms with Crippen molar-refractivity contribution in [2.75, 3.05) is 13.1 Å². The van der Waals surface area contributed by atoms with Gasteiger partial charge in [-0.2, -0.15) is 0 Å². The van der Waals surface area contributed by atoms with Crippen LogP contribution in [0.4, 0.5) is 0 Å². The van der Waals surface area contributed by atoms with Crippen LogP contribution < -0.4 is 4.74 Å². The second-order valence-electron chi connectivity index (χ2n) is 6.08. The molecule has 3 nitrogen and oxygen atoms in total. The van der Waals surface area contributed by atoms with Crippen molar-refractivity contribution in [3.8, 4) is 11.5 Å². The maximum atomic E-state index is 12.5. The van der Waals surface area contributed by atoms with Crippen molar-refractivity contribution in [3.63, 3.8) is 0 Å². The first-order valence-corrected chi connectivity index (χ1v) is 8.38. The number of nitrogens with zero attached hydrogens (tertiary/aromatic N) is 1. The van der Waals surface area contributed by atoms with Crippen molar-refractivity contribution < 1.29 is 9.53 Å². The van der Waals surface area contributed by atoms with Crippen LogP contribution in [0.25, 0.3) is 0 Å². The third-order valence-corrected chi connectivity index (χ3v) is 4.56. The lowest BCUT2D eigenvalue weighted by molar-refractivity contribution is 0.0689. The molecule has 0 aromatic heterocycles. The van der Waals surface area contributed by atoms with E-state index in [1.807, 2.05) is 59.5 Å². The number of ether oxygens (including phenoxy) is 1. The molecule has 0 N–H and O–H groups in total. The Bertz CT molecular complexity index is 628. The average molecular weight is 309 g/mol. The highest BCUT2D eigenvalue weighted by molar-refractivity contribution is 5.94. The molecule has 23 heavy (non-hydrogen) atoms. The van der Waals surface area contributed by atoms with Gasteiger partial charge in [-0.1, -0.05) is 31.5 Å². The van der Waals surface area contributed by atoms with Gasteiger partial charge in [-0.15, -0.1) is 0 Å². The lowest BCUT2D eigenvalue weighted by Gasteiger charge is -2.31. The molecule has 1 fully saturated rings. The van der Waals surface area contributed by atoms with Gasteiger partial charge in [-0.25, -0.2) is 0 Å². The third-order valence-electron chi connectivity index (χ3n) is 4.56.